The maximum absolute atomic E-state index is 12.5. The standard InChI is InChI=1S/C19H26N6O/c26-19(7-6-16-4-1-2-5-16)24-12-10-23(11-13-24)17-14-18(21-15-20-17)25-9-3-8-22-25/h3,8-9,14-16H,1-2,4-7,10-13H2. The summed E-state index contributed by atoms with van der Waals surface area (Å²) in [4.78, 5) is 25.4. The van der Waals surface area contributed by atoms with Gasteiger partial charge in [0.05, 0.1) is 0 Å². The van der Waals surface area contributed by atoms with Crippen LogP contribution in [0.25, 0.3) is 5.82 Å². The first kappa shape index (κ1) is 17.0. The van der Waals surface area contributed by atoms with Crippen LogP contribution in [0.1, 0.15) is 38.5 Å². The van der Waals surface area contributed by atoms with Crippen LogP contribution in [0.2, 0.25) is 0 Å². The Bertz CT molecular complexity index is 717. The molecule has 26 heavy (non-hydrogen) atoms. The minimum absolute atomic E-state index is 0.316. The summed E-state index contributed by atoms with van der Waals surface area (Å²) in [6, 6.07) is 3.82. The predicted molar refractivity (Wildman–Crippen MR) is 99.1 cm³/mol. The third-order valence-electron chi connectivity index (χ3n) is 5.57. The van der Waals surface area contributed by atoms with Crippen molar-refractivity contribution in [3.63, 3.8) is 0 Å². The van der Waals surface area contributed by atoms with Gasteiger partial charge < -0.3 is 9.80 Å². The molecule has 0 aromatic carbocycles. The van der Waals surface area contributed by atoms with Crippen molar-refractivity contribution in [1.82, 2.24) is 24.6 Å². The number of hydrogen-bond acceptors (Lipinski definition) is 5. The highest BCUT2D eigenvalue weighted by Gasteiger charge is 2.23. The Labute approximate surface area is 154 Å². The Balaban J connectivity index is 1.30. The average molecular weight is 354 g/mol. The van der Waals surface area contributed by atoms with Gasteiger partial charge in [0.1, 0.15) is 12.1 Å². The Kier molecular flexibility index (Phi) is 5.13. The second-order valence-electron chi connectivity index (χ2n) is 7.24. The van der Waals surface area contributed by atoms with E-state index < -0.39 is 0 Å². The van der Waals surface area contributed by atoms with E-state index in [2.05, 4.69) is 20.0 Å². The largest absolute Gasteiger partial charge is 0.353 e. The van der Waals surface area contributed by atoms with E-state index in [1.54, 1.807) is 17.2 Å². The molecule has 0 atom stereocenters. The molecule has 2 aliphatic rings. The fourth-order valence-corrected chi connectivity index (χ4v) is 4.01. The van der Waals surface area contributed by atoms with Gasteiger partial charge in [-0.2, -0.15) is 5.10 Å². The van der Waals surface area contributed by atoms with E-state index >= 15 is 0 Å². The van der Waals surface area contributed by atoms with Crippen LogP contribution in [0.4, 0.5) is 5.82 Å². The Morgan fingerprint density at radius 3 is 2.58 bits per heavy atom. The summed E-state index contributed by atoms with van der Waals surface area (Å²) in [7, 11) is 0. The zero-order valence-electron chi connectivity index (χ0n) is 15.1. The molecule has 1 saturated carbocycles. The highest BCUT2D eigenvalue weighted by atomic mass is 16.2. The maximum Gasteiger partial charge on any atom is 0.222 e. The summed E-state index contributed by atoms with van der Waals surface area (Å²) in [6.45, 7) is 3.16. The first-order valence-corrected chi connectivity index (χ1v) is 9.64. The second-order valence-corrected chi connectivity index (χ2v) is 7.24. The molecular formula is C19H26N6O. The number of amides is 1. The van der Waals surface area contributed by atoms with Crippen molar-refractivity contribution < 1.29 is 4.79 Å². The van der Waals surface area contributed by atoms with Crippen molar-refractivity contribution in [1.29, 1.82) is 0 Å². The molecule has 1 saturated heterocycles. The normalized spacial score (nSPS) is 18.5. The number of nitrogens with zero attached hydrogens (tertiary/aromatic N) is 6. The van der Waals surface area contributed by atoms with Crippen molar-refractivity contribution in [3.8, 4) is 5.82 Å². The average Bonchev–Trinajstić information content (AvgIpc) is 3.40. The molecule has 3 heterocycles. The van der Waals surface area contributed by atoms with Crippen LogP contribution in [0.5, 0.6) is 0 Å². The van der Waals surface area contributed by atoms with Crippen LogP contribution in [0, 0.1) is 5.92 Å². The van der Waals surface area contributed by atoms with Gasteiger partial charge >= 0.3 is 0 Å². The van der Waals surface area contributed by atoms with E-state index in [0.717, 1.165) is 50.2 Å². The molecule has 7 heteroatoms. The van der Waals surface area contributed by atoms with E-state index in [4.69, 9.17) is 0 Å². The lowest BCUT2D eigenvalue weighted by molar-refractivity contribution is -0.131. The number of hydrogen-bond donors (Lipinski definition) is 0. The highest BCUT2D eigenvalue weighted by Crippen LogP contribution is 2.28. The first-order valence-electron chi connectivity index (χ1n) is 9.64. The molecule has 2 fully saturated rings. The van der Waals surface area contributed by atoms with Crippen LogP contribution >= 0.6 is 0 Å². The van der Waals surface area contributed by atoms with Crippen LogP contribution in [-0.4, -0.2) is 56.7 Å². The number of anilines is 1. The molecule has 7 nitrogen and oxygen atoms in total. The van der Waals surface area contributed by atoms with Gasteiger partial charge in [0.15, 0.2) is 5.82 Å². The third kappa shape index (κ3) is 3.86. The van der Waals surface area contributed by atoms with E-state index in [0.29, 0.717) is 12.3 Å². The minimum Gasteiger partial charge on any atom is -0.353 e. The summed E-state index contributed by atoms with van der Waals surface area (Å²) in [6.07, 6.45) is 12.3. The molecule has 1 aliphatic carbocycles. The summed E-state index contributed by atoms with van der Waals surface area (Å²) in [5.41, 5.74) is 0. The van der Waals surface area contributed by atoms with E-state index in [-0.39, 0.29) is 0 Å². The molecule has 0 N–H and O–H groups in total. The van der Waals surface area contributed by atoms with E-state index in [1.165, 1.54) is 25.7 Å². The van der Waals surface area contributed by atoms with Gasteiger partial charge in [-0.1, -0.05) is 25.7 Å². The molecular weight excluding hydrogens is 328 g/mol. The van der Waals surface area contributed by atoms with Gasteiger partial charge in [0.25, 0.3) is 0 Å². The molecule has 138 valence electrons. The number of carbonyl (C=O) groups excluding carboxylic acids is 1. The Morgan fingerprint density at radius 1 is 1.08 bits per heavy atom. The zero-order chi connectivity index (χ0) is 17.8. The number of piperazine rings is 1. The summed E-state index contributed by atoms with van der Waals surface area (Å²) in [5.74, 6) is 2.75. The second kappa shape index (κ2) is 7.85. The highest BCUT2D eigenvalue weighted by molar-refractivity contribution is 5.76. The quantitative estimate of drug-likeness (QED) is 0.824. The van der Waals surface area contributed by atoms with Gasteiger partial charge in [-0.25, -0.2) is 14.6 Å². The Morgan fingerprint density at radius 2 is 1.85 bits per heavy atom. The molecule has 4 rings (SSSR count). The van der Waals surface area contributed by atoms with Crippen molar-refractivity contribution >= 4 is 11.7 Å². The first-order chi connectivity index (χ1) is 12.8. The summed E-state index contributed by atoms with van der Waals surface area (Å²) in [5, 5.41) is 4.22. The molecule has 0 radical (unpaired) electrons. The molecule has 0 unspecified atom stereocenters. The minimum atomic E-state index is 0.316. The number of rotatable bonds is 5. The molecule has 2 aromatic rings. The third-order valence-corrected chi connectivity index (χ3v) is 5.57. The van der Waals surface area contributed by atoms with Crippen molar-refractivity contribution in [2.75, 3.05) is 31.1 Å². The molecule has 1 aliphatic heterocycles. The van der Waals surface area contributed by atoms with Crippen molar-refractivity contribution in [2.45, 2.75) is 38.5 Å². The predicted octanol–water partition coefficient (Wildman–Crippen LogP) is 2.28. The summed E-state index contributed by atoms with van der Waals surface area (Å²) >= 11 is 0. The van der Waals surface area contributed by atoms with Gasteiger partial charge in [0.2, 0.25) is 5.91 Å². The van der Waals surface area contributed by atoms with Crippen LogP contribution in [0.3, 0.4) is 0 Å². The fourth-order valence-electron chi connectivity index (χ4n) is 4.01. The lowest BCUT2D eigenvalue weighted by Crippen LogP contribution is -2.49. The van der Waals surface area contributed by atoms with Crippen LogP contribution in [0.15, 0.2) is 30.9 Å². The van der Waals surface area contributed by atoms with Gasteiger partial charge in [-0.3, -0.25) is 4.79 Å². The van der Waals surface area contributed by atoms with Crippen LogP contribution < -0.4 is 4.90 Å². The monoisotopic (exact) mass is 354 g/mol. The molecule has 1 amide bonds. The van der Waals surface area contributed by atoms with Crippen molar-refractivity contribution in [2.24, 2.45) is 5.92 Å². The topological polar surface area (TPSA) is 67.2 Å². The molecule has 2 aromatic heterocycles. The Hall–Kier alpha value is -2.44. The van der Waals surface area contributed by atoms with Crippen LogP contribution in [-0.2, 0) is 4.79 Å². The lowest BCUT2D eigenvalue weighted by atomic mass is 10.0. The zero-order valence-corrected chi connectivity index (χ0v) is 15.1. The SMILES string of the molecule is O=C(CCC1CCCC1)N1CCN(c2cc(-n3cccn3)ncn2)CC1. The fraction of sp³-hybridized carbons (Fsp3) is 0.579. The number of aromatic nitrogens is 4. The van der Waals surface area contributed by atoms with Gasteiger partial charge in [0, 0.05) is 51.1 Å². The van der Waals surface area contributed by atoms with E-state index in [1.807, 2.05) is 23.2 Å². The number of carbonyl (C=O) groups is 1. The van der Waals surface area contributed by atoms with Gasteiger partial charge in [-0.15, -0.1) is 0 Å². The smallest absolute Gasteiger partial charge is 0.222 e. The van der Waals surface area contributed by atoms with Crippen molar-refractivity contribution in [3.05, 3.63) is 30.9 Å². The summed E-state index contributed by atoms with van der Waals surface area (Å²) < 4.78 is 1.73. The lowest BCUT2D eigenvalue weighted by Gasteiger charge is -2.35. The molecule has 0 spiro atoms. The van der Waals surface area contributed by atoms with Gasteiger partial charge in [-0.05, 0) is 18.4 Å². The van der Waals surface area contributed by atoms with E-state index in [9.17, 15) is 4.79 Å². The maximum atomic E-state index is 12.5. The molecule has 0 bridgehead atoms.